The monoisotopic (exact) mass is 596 g/mol. The molecule has 0 spiro atoms. The molecule has 4 nitrogen and oxygen atoms in total. The number of rotatable bonds is 9. The summed E-state index contributed by atoms with van der Waals surface area (Å²) < 4.78 is 11.5. The van der Waals surface area contributed by atoms with E-state index in [1.165, 1.54) is 0 Å². The minimum atomic E-state index is -1.31. The van der Waals surface area contributed by atoms with Crippen LogP contribution in [-0.4, -0.2) is 24.4 Å². The normalized spacial score (nSPS) is 23.1. The van der Waals surface area contributed by atoms with Crippen LogP contribution in [0.5, 0.6) is 0 Å². The molecule has 2 aliphatic rings. The summed E-state index contributed by atoms with van der Waals surface area (Å²) in [5, 5.41) is 21.4. The molecule has 2 aliphatic carbocycles. The van der Waals surface area contributed by atoms with E-state index in [0.717, 1.165) is 75.8 Å². The molecular formula is C41H40O4. The van der Waals surface area contributed by atoms with Gasteiger partial charge in [0.25, 0.3) is 0 Å². The van der Waals surface area contributed by atoms with Crippen molar-refractivity contribution in [2.45, 2.75) is 55.8 Å². The second kappa shape index (κ2) is 13.2. The molecule has 228 valence electrons. The van der Waals surface area contributed by atoms with Crippen molar-refractivity contribution >= 4 is 0 Å². The molecule has 2 atom stereocenters. The molecule has 3 aromatic carbocycles. The molecule has 0 heterocycles. The van der Waals surface area contributed by atoms with Gasteiger partial charge in [0.1, 0.15) is 17.0 Å². The Bertz CT molecular complexity index is 1720. The van der Waals surface area contributed by atoms with E-state index in [2.05, 4.69) is 37.5 Å². The molecule has 5 rings (SSSR count). The quantitative estimate of drug-likeness (QED) is 0.148. The standard InChI is InChI=1S/C41H40O4/c1-7-29-27-38(30(8-2)26-37(29)32-12-10-31(11-13-32)28(4)42)33-14-18-35(19-15-33)40(43)22-24-41(45-6,25-23-40)36-20-16-34(17-21-36)39(9-3)44-5/h1-2,10,14-27,32,39,42-43H,4,9,11-13H2,3,5-6H3. The van der Waals surface area contributed by atoms with Crippen molar-refractivity contribution < 1.29 is 19.7 Å². The van der Waals surface area contributed by atoms with Gasteiger partial charge in [-0.1, -0.05) is 80.0 Å². The number of methoxy groups -OCH3 is 2. The Labute approximate surface area is 267 Å². The maximum atomic E-state index is 11.6. The summed E-state index contributed by atoms with van der Waals surface area (Å²) in [7, 11) is 3.39. The van der Waals surface area contributed by atoms with Gasteiger partial charge >= 0.3 is 0 Å². The third kappa shape index (κ3) is 6.19. The van der Waals surface area contributed by atoms with Crippen molar-refractivity contribution in [3.63, 3.8) is 0 Å². The van der Waals surface area contributed by atoms with Gasteiger partial charge in [-0.25, -0.2) is 0 Å². The van der Waals surface area contributed by atoms with Crippen LogP contribution in [-0.2, 0) is 20.7 Å². The number of ether oxygens (including phenoxy) is 2. The SMILES string of the molecule is C#Cc1cc(C2CC=C(C(=C)O)CC2)c(C#C)cc1-c1ccc(C2(O)C=CC(OC)(c3ccc(C(CC)OC)cc3)C=C2)cc1. The van der Waals surface area contributed by atoms with E-state index in [9.17, 15) is 10.2 Å². The summed E-state index contributed by atoms with van der Waals surface area (Å²) in [5.41, 5.74) is 6.00. The summed E-state index contributed by atoms with van der Waals surface area (Å²) in [6.45, 7) is 5.75. The third-order valence-corrected chi connectivity index (χ3v) is 9.28. The number of benzene rings is 3. The lowest BCUT2D eigenvalue weighted by Crippen LogP contribution is -2.31. The Morgan fingerprint density at radius 3 is 2.11 bits per heavy atom. The fraction of sp³-hybridized carbons (Fsp3) is 0.268. The van der Waals surface area contributed by atoms with Gasteiger partial charge < -0.3 is 19.7 Å². The molecule has 0 saturated carbocycles. The molecule has 45 heavy (non-hydrogen) atoms. The van der Waals surface area contributed by atoms with Crippen molar-refractivity contribution in [1.82, 2.24) is 0 Å². The third-order valence-electron chi connectivity index (χ3n) is 9.28. The number of aliphatic hydroxyl groups excluding tert-OH is 1. The highest BCUT2D eigenvalue weighted by molar-refractivity contribution is 5.74. The average molecular weight is 597 g/mol. The molecule has 0 amide bonds. The number of aliphatic hydroxyl groups is 2. The summed E-state index contributed by atoms with van der Waals surface area (Å²) in [5.74, 6) is 6.07. The van der Waals surface area contributed by atoms with Crippen molar-refractivity contribution in [1.29, 1.82) is 0 Å². The van der Waals surface area contributed by atoms with Gasteiger partial charge in [-0.05, 0) is 107 Å². The Hall–Kier alpha value is -4.58. The van der Waals surface area contributed by atoms with Crippen LogP contribution in [0.25, 0.3) is 11.1 Å². The lowest BCUT2D eigenvalue weighted by Gasteiger charge is -2.34. The molecule has 4 heteroatoms. The zero-order valence-electron chi connectivity index (χ0n) is 26.2. The predicted octanol–water partition coefficient (Wildman–Crippen LogP) is 8.53. The number of terminal acetylenes is 2. The van der Waals surface area contributed by atoms with Crippen LogP contribution in [0.4, 0.5) is 0 Å². The molecule has 0 fully saturated rings. The first-order chi connectivity index (χ1) is 21.7. The van der Waals surface area contributed by atoms with Gasteiger partial charge in [0.2, 0.25) is 0 Å². The Morgan fingerprint density at radius 1 is 0.956 bits per heavy atom. The lowest BCUT2D eigenvalue weighted by atomic mass is 9.80. The number of allylic oxidation sites excluding steroid dienone is 2. The minimum Gasteiger partial charge on any atom is -0.508 e. The van der Waals surface area contributed by atoms with Crippen molar-refractivity contribution in [2.75, 3.05) is 14.2 Å². The predicted molar refractivity (Wildman–Crippen MR) is 182 cm³/mol. The van der Waals surface area contributed by atoms with Gasteiger partial charge in [0.05, 0.1) is 6.10 Å². The van der Waals surface area contributed by atoms with E-state index < -0.39 is 11.2 Å². The fourth-order valence-electron chi connectivity index (χ4n) is 6.48. The van der Waals surface area contributed by atoms with E-state index in [4.69, 9.17) is 22.3 Å². The first kappa shape index (κ1) is 31.8. The summed E-state index contributed by atoms with van der Waals surface area (Å²) >= 11 is 0. The van der Waals surface area contributed by atoms with Gasteiger partial charge in [-0.2, -0.15) is 0 Å². The maximum Gasteiger partial charge on any atom is 0.129 e. The van der Waals surface area contributed by atoms with Crippen molar-refractivity contribution in [2.24, 2.45) is 0 Å². The molecule has 0 aromatic heterocycles. The first-order valence-corrected chi connectivity index (χ1v) is 15.3. The minimum absolute atomic E-state index is 0.0484. The molecular weight excluding hydrogens is 556 g/mol. The lowest BCUT2D eigenvalue weighted by molar-refractivity contribution is 0.0591. The molecule has 0 saturated heterocycles. The number of hydrogen-bond donors (Lipinski definition) is 2. The van der Waals surface area contributed by atoms with Crippen LogP contribution < -0.4 is 0 Å². The molecule has 0 aliphatic heterocycles. The average Bonchev–Trinajstić information content (AvgIpc) is 3.09. The van der Waals surface area contributed by atoms with Crippen molar-refractivity contribution in [3.8, 4) is 35.8 Å². The smallest absolute Gasteiger partial charge is 0.129 e. The molecule has 2 N–H and O–H groups in total. The zero-order chi connectivity index (χ0) is 32.2. The van der Waals surface area contributed by atoms with Crippen molar-refractivity contribution in [3.05, 3.63) is 142 Å². The highest BCUT2D eigenvalue weighted by Gasteiger charge is 2.35. The van der Waals surface area contributed by atoms with Crippen LogP contribution in [0, 0.1) is 24.7 Å². The van der Waals surface area contributed by atoms with Crippen LogP contribution >= 0.6 is 0 Å². The van der Waals surface area contributed by atoms with Crippen LogP contribution in [0.2, 0.25) is 0 Å². The summed E-state index contributed by atoms with van der Waals surface area (Å²) in [6.07, 6.45) is 24.7. The van der Waals surface area contributed by atoms with Gasteiger partial charge in [0.15, 0.2) is 0 Å². The van der Waals surface area contributed by atoms with E-state index in [1.54, 1.807) is 26.4 Å². The largest absolute Gasteiger partial charge is 0.508 e. The van der Waals surface area contributed by atoms with Gasteiger partial charge in [-0.3, -0.25) is 0 Å². The second-order valence-electron chi connectivity index (χ2n) is 11.7. The maximum absolute atomic E-state index is 11.6. The summed E-state index contributed by atoms with van der Waals surface area (Å²) in [6, 6.07) is 20.0. The second-order valence-corrected chi connectivity index (χ2v) is 11.7. The van der Waals surface area contributed by atoms with E-state index in [0.29, 0.717) is 0 Å². The molecule has 0 radical (unpaired) electrons. The molecule has 2 unspecified atom stereocenters. The Balaban J connectivity index is 1.39. The molecule has 3 aromatic rings. The van der Waals surface area contributed by atoms with Crippen LogP contribution in [0.1, 0.15) is 78.0 Å². The molecule has 0 bridgehead atoms. The number of hydrogen-bond acceptors (Lipinski definition) is 4. The first-order valence-electron chi connectivity index (χ1n) is 15.3. The van der Waals surface area contributed by atoms with E-state index in [1.807, 2.05) is 66.8 Å². The Kier molecular flexibility index (Phi) is 9.33. The topological polar surface area (TPSA) is 58.9 Å². The Morgan fingerprint density at radius 2 is 1.60 bits per heavy atom. The zero-order valence-corrected chi connectivity index (χ0v) is 26.2. The van der Waals surface area contributed by atoms with Crippen LogP contribution in [0.3, 0.4) is 0 Å². The van der Waals surface area contributed by atoms with Gasteiger partial charge in [0, 0.05) is 25.3 Å². The highest BCUT2D eigenvalue weighted by atomic mass is 16.5. The van der Waals surface area contributed by atoms with Crippen LogP contribution in [0.15, 0.2) is 109 Å². The highest BCUT2D eigenvalue weighted by Crippen LogP contribution is 2.40. The van der Waals surface area contributed by atoms with Gasteiger partial charge in [-0.15, -0.1) is 12.8 Å². The van der Waals surface area contributed by atoms with E-state index in [-0.39, 0.29) is 17.8 Å². The fourth-order valence-corrected chi connectivity index (χ4v) is 6.48. The summed E-state index contributed by atoms with van der Waals surface area (Å²) in [4.78, 5) is 0. The van der Waals surface area contributed by atoms with E-state index >= 15 is 0 Å².